The first-order valence-corrected chi connectivity index (χ1v) is 9.91. The summed E-state index contributed by atoms with van der Waals surface area (Å²) in [5.41, 5.74) is 0.0666. The molecule has 2 heterocycles. The highest BCUT2D eigenvalue weighted by Crippen LogP contribution is 2.29. The number of amides is 2. The van der Waals surface area contributed by atoms with Crippen LogP contribution >= 0.6 is 0 Å². The van der Waals surface area contributed by atoms with Crippen LogP contribution in [0.4, 0.5) is 14.9 Å². The van der Waals surface area contributed by atoms with E-state index in [9.17, 15) is 19.1 Å². The Morgan fingerprint density at radius 2 is 2.23 bits per heavy atom. The van der Waals surface area contributed by atoms with Crippen molar-refractivity contribution in [2.24, 2.45) is 0 Å². The number of carbonyl (C=O) groups is 2. The molecule has 0 bridgehead atoms. The first-order valence-electron chi connectivity index (χ1n) is 9.91. The molecule has 30 heavy (non-hydrogen) atoms. The van der Waals surface area contributed by atoms with Crippen LogP contribution in [0.3, 0.4) is 0 Å². The number of imidazole rings is 1. The number of nitrogens with zero attached hydrogens (tertiary/aromatic N) is 2. The third-order valence-electron chi connectivity index (χ3n) is 4.77. The lowest BCUT2D eigenvalue weighted by atomic mass is 9.97. The lowest BCUT2D eigenvalue weighted by Crippen LogP contribution is -2.44. The Morgan fingerprint density at radius 1 is 1.47 bits per heavy atom. The fraction of sp³-hybridized carbons (Fsp3) is 0.476. The summed E-state index contributed by atoms with van der Waals surface area (Å²) in [5.74, 6) is -0.966. The second-order valence-corrected chi connectivity index (χ2v) is 8.27. The van der Waals surface area contributed by atoms with Gasteiger partial charge in [-0.3, -0.25) is 4.79 Å². The molecule has 1 aliphatic rings. The lowest BCUT2D eigenvalue weighted by molar-refractivity contribution is -0.128. The van der Waals surface area contributed by atoms with Gasteiger partial charge < -0.3 is 25.0 Å². The minimum atomic E-state index is -1.10. The summed E-state index contributed by atoms with van der Waals surface area (Å²) in [4.78, 5) is 32.8. The molecule has 9 heteroatoms. The average molecular weight is 418 g/mol. The smallest absolute Gasteiger partial charge is 0.407 e. The van der Waals surface area contributed by atoms with E-state index in [0.29, 0.717) is 30.8 Å². The summed E-state index contributed by atoms with van der Waals surface area (Å²) in [5, 5.41) is 12.5. The third kappa shape index (κ3) is 5.15. The molecule has 1 aromatic heterocycles. The molecule has 2 atom stereocenters. The van der Waals surface area contributed by atoms with Crippen molar-refractivity contribution in [3.05, 3.63) is 47.8 Å². The molecule has 162 valence electrons. The van der Waals surface area contributed by atoms with Crippen molar-refractivity contribution >= 4 is 17.7 Å². The second kappa shape index (κ2) is 8.83. The SMILES string of the molecule is CC(C)(C)OC(=O)NCC(c1ccc(N2CCCC(O)C2=O)c(F)c1)c1ncc[nH]1. The summed E-state index contributed by atoms with van der Waals surface area (Å²) in [6.07, 6.45) is 2.52. The molecule has 3 rings (SSSR count). The van der Waals surface area contributed by atoms with E-state index in [0.717, 1.165) is 0 Å². The number of alkyl carbamates (subject to hydrolysis) is 1. The van der Waals surface area contributed by atoms with Gasteiger partial charge in [0.1, 0.15) is 23.3 Å². The average Bonchev–Trinajstić information content (AvgIpc) is 3.18. The molecule has 1 fully saturated rings. The van der Waals surface area contributed by atoms with Crippen molar-refractivity contribution < 1.29 is 23.8 Å². The van der Waals surface area contributed by atoms with Crippen LogP contribution in [0.25, 0.3) is 0 Å². The van der Waals surface area contributed by atoms with E-state index < -0.39 is 35.4 Å². The second-order valence-electron chi connectivity index (χ2n) is 8.27. The zero-order valence-electron chi connectivity index (χ0n) is 17.3. The maximum Gasteiger partial charge on any atom is 0.407 e. The van der Waals surface area contributed by atoms with Crippen molar-refractivity contribution in [3.8, 4) is 0 Å². The van der Waals surface area contributed by atoms with Crippen molar-refractivity contribution in [2.45, 2.75) is 51.2 Å². The molecule has 0 spiro atoms. The van der Waals surface area contributed by atoms with E-state index in [4.69, 9.17) is 4.74 Å². The van der Waals surface area contributed by atoms with Gasteiger partial charge in [0.25, 0.3) is 5.91 Å². The molecule has 8 nitrogen and oxygen atoms in total. The number of benzene rings is 1. The Bertz CT molecular complexity index is 895. The molecule has 1 aromatic carbocycles. The quantitative estimate of drug-likeness (QED) is 0.692. The zero-order chi connectivity index (χ0) is 21.9. The van der Waals surface area contributed by atoms with Gasteiger partial charge in [-0.25, -0.2) is 14.2 Å². The molecule has 3 N–H and O–H groups in total. The minimum absolute atomic E-state index is 0.126. The Morgan fingerprint density at radius 3 is 2.87 bits per heavy atom. The first-order chi connectivity index (χ1) is 14.2. The topological polar surface area (TPSA) is 108 Å². The van der Waals surface area contributed by atoms with Gasteiger partial charge in [0.2, 0.25) is 0 Å². The van der Waals surface area contributed by atoms with Crippen LogP contribution in [0.2, 0.25) is 0 Å². The molecule has 0 aliphatic carbocycles. The van der Waals surface area contributed by atoms with Gasteiger partial charge in [0, 0.05) is 25.5 Å². The van der Waals surface area contributed by atoms with Gasteiger partial charge in [-0.15, -0.1) is 0 Å². The number of aromatic amines is 1. The highest BCUT2D eigenvalue weighted by Gasteiger charge is 2.30. The van der Waals surface area contributed by atoms with Gasteiger partial charge in [-0.05, 0) is 51.3 Å². The maximum atomic E-state index is 14.9. The number of nitrogens with one attached hydrogen (secondary N) is 2. The minimum Gasteiger partial charge on any atom is -0.444 e. The van der Waals surface area contributed by atoms with E-state index in [1.165, 1.54) is 17.0 Å². The van der Waals surface area contributed by atoms with Crippen LogP contribution in [0.15, 0.2) is 30.6 Å². The van der Waals surface area contributed by atoms with E-state index in [1.807, 2.05) is 0 Å². The molecular formula is C21H27FN4O4. The third-order valence-corrected chi connectivity index (χ3v) is 4.77. The largest absolute Gasteiger partial charge is 0.444 e. The van der Waals surface area contributed by atoms with Crippen molar-refractivity contribution in [2.75, 3.05) is 18.0 Å². The molecule has 2 aromatic rings. The van der Waals surface area contributed by atoms with Crippen LogP contribution in [0.1, 0.15) is 50.9 Å². The number of aliphatic hydroxyl groups is 1. The van der Waals surface area contributed by atoms with Gasteiger partial charge in [0.05, 0.1) is 11.6 Å². The number of halogens is 1. The van der Waals surface area contributed by atoms with E-state index in [-0.39, 0.29) is 12.2 Å². The first kappa shape index (κ1) is 21.8. The van der Waals surface area contributed by atoms with Crippen molar-refractivity contribution in [1.82, 2.24) is 15.3 Å². The van der Waals surface area contributed by atoms with Gasteiger partial charge in [-0.1, -0.05) is 6.07 Å². The fourth-order valence-electron chi connectivity index (χ4n) is 3.39. The van der Waals surface area contributed by atoms with E-state index in [1.54, 1.807) is 39.2 Å². The molecule has 1 aliphatic heterocycles. The number of ether oxygens (including phenoxy) is 1. The molecule has 0 saturated carbocycles. The molecule has 2 unspecified atom stereocenters. The zero-order valence-corrected chi connectivity index (χ0v) is 17.3. The van der Waals surface area contributed by atoms with Gasteiger partial charge in [0.15, 0.2) is 0 Å². The van der Waals surface area contributed by atoms with Gasteiger partial charge >= 0.3 is 6.09 Å². The molecule has 1 saturated heterocycles. The number of rotatable bonds is 5. The van der Waals surface area contributed by atoms with Crippen LogP contribution in [0.5, 0.6) is 0 Å². The number of aliphatic hydroxyl groups excluding tert-OH is 1. The summed E-state index contributed by atoms with van der Waals surface area (Å²) < 4.78 is 20.2. The predicted octanol–water partition coefficient (Wildman–Crippen LogP) is 2.69. The number of H-pyrrole nitrogens is 1. The summed E-state index contributed by atoms with van der Waals surface area (Å²) >= 11 is 0. The Hall–Kier alpha value is -2.94. The summed E-state index contributed by atoms with van der Waals surface area (Å²) in [7, 11) is 0. The Kier molecular flexibility index (Phi) is 6.40. The lowest BCUT2D eigenvalue weighted by Gasteiger charge is -2.30. The Labute approximate surface area is 174 Å². The van der Waals surface area contributed by atoms with Crippen LogP contribution in [-0.2, 0) is 9.53 Å². The number of aromatic nitrogens is 2. The van der Waals surface area contributed by atoms with Crippen LogP contribution < -0.4 is 10.2 Å². The van der Waals surface area contributed by atoms with E-state index >= 15 is 0 Å². The predicted molar refractivity (Wildman–Crippen MR) is 109 cm³/mol. The van der Waals surface area contributed by atoms with Crippen LogP contribution in [0, 0.1) is 5.82 Å². The van der Waals surface area contributed by atoms with Gasteiger partial charge in [-0.2, -0.15) is 0 Å². The van der Waals surface area contributed by atoms with Crippen LogP contribution in [-0.4, -0.2) is 51.9 Å². The van der Waals surface area contributed by atoms with Crippen molar-refractivity contribution in [3.63, 3.8) is 0 Å². The maximum absolute atomic E-state index is 14.9. The summed E-state index contributed by atoms with van der Waals surface area (Å²) in [6.45, 7) is 5.80. The fourth-order valence-corrected chi connectivity index (χ4v) is 3.39. The molecule has 0 radical (unpaired) electrons. The molecular weight excluding hydrogens is 391 g/mol. The number of hydrogen-bond donors (Lipinski definition) is 3. The monoisotopic (exact) mass is 418 g/mol. The number of hydrogen-bond acceptors (Lipinski definition) is 5. The normalized spacial score (nSPS) is 18.2. The standard InChI is InChI=1S/C21H27FN4O4/c1-21(2,3)30-20(29)25-12-14(18-23-8-9-24-18)13-6-7-16(15(22)11-13)26-10-4-5-17(27)19(26)28/h6-9,11,14,17,27H,4-5,10,12H2,1-3H3,(H,23,24)(H,25,29). The number of piperidine rings is 1. The van der Waals surface area contributed by atoms with E-state index in [2.05, 4.69) is 15.3 Å². The molecule has 2 amide bonds. The number of anilines is 1. The van der Waals surface area contributed by atoms with Crippen molar-refractivity contribution in [1.29, 1.82) is 0 Å². The highest BCUT2D eigenvalue weighted by molar-refractivity contribution is 5.97. The number of carbonyl (C=O) groups excluding carboxylic acids is 2. The highest BCUT2D eigenvalue weighted by atomic mass is 19.1. The summed E-state index contributed by atoms with van der Waals surface area (Å²) in [6, 6.07) is 4.54. The Balaban J connectivity index is 1.81.